The van der Waals surface area contributed by atoms with Gasteiger partial charge in [0.1, 0.15) is 26.3 Å². The van der Waals surface area contributed by atoms with Crippen molar-refractivity contribution in [2.24, 2.45) is 0 Å². The minimum absolute atomic E-state index is 0.0727. The van der Waals surface area contributed by atoms with Crippen LogP contribution in [0.15, 0.2) is 0 Å². The molecule has 3 rings (SSSR count). The Balaban J connectivity index is 1.69. The van der Waals surface area contributed by atoms with Gasteiger partial charge in [-0.3, -0.25) is 0 Å². The summed E-state index contributed by atoms with van der Waals surface area (Å²) in [5.74, 6) is 0. The van der Waals surface area contributed by atoms with Crippen molar-refractivity contribution < 1.29 is 0 Å². The summed E-state index contributed by atoms with van der Waals surface area (Å²) in [7, 11) is -2.01. The smallest absolute Gasteiger partial charge is 0.243 e. The minimum Gasteiger partial charge on any atom is -0.362 e. The quantitative estimate of drug-likeness (QED) is 0.323. The van der Waals surface area contributed by atoms with Crippen LogP contribution in [0.3, 0.4) is 0 Å². The van der Waals surface area contributed by atoms with Crippen molar-refractivity contribution in [2.45, 2.75) is 45.8 Å². The third-order valence-electron chi connectivity index (χ3n) is 5.79. The fourth-order valence-corrected chi connectivity index (χ4v) is 70.0. The molecule has 0 bridgehead atoms. The fourth-order valence-electron chi connectivity index (χ4n) is 4.60. The molecule has 3 saturated heterocycles. The van der Waals surface area contributed by atoms with E-state index in [0.29, 0.717) is 9.84 Å². The van der Waals surface area contributed by atoms with Gasteiger partial charge in [0.05, 0.1) is 9.68 Å². The molecule has 3 aliphatic heterocycles. The Morgan fingerprint density at radius 2 is 1.70 bits per heavy atom. The fraction of sp³-hybridized carbons (Fsp3) is 1.00. The van der Waals surface area contributed by atoms with E-state index in [1.807, 2.05) is 0 Å². The molecule has 0 aromatic carbocycles. The van der Waals surface area contributed by atoms with Crippen LogP contribution < -0.4 is 9.30 Å². The molecule has 0 aromatic heterocycles. The van der Waals surface area contributed by atoms with Gasteiger partial charge in [-0.15, -0.1) is 0 Å². The lowest BCUT2D eigenvalue weighted by molar-refractivity contribution is 0.544. The van der Waals surface area contributed by atoms with Gasteiger partial charge in [0.2, 0.25) is 18.6 Å². The lowest BCUT2D eigenvalue weighted by atomic mass is 11.6. The second kappa shape index (κ2) is 9.28. The van der Waals surface area contributed by atoms with Gasteiger partial charge in [-0.05, 0) is 7.05 Å². The Morgan fingerprint density at radius 3 is 2.30 bits per heavy atom. The molecule has 0 aromatic rings. The van der Waals surface area contributed by atoms with Crippen molar-refractivity contribution >= 4 is 104 Å². The van der Waals surface area contributed by atoms with Crippen LogP contribution in [0.5, 0.6) is 0 Å². The first-order valence-corrected chi connectivity index (χ1v) is 30.0. The molecule has 157 valence electrons. The molecule has 0 aliphatic carbocycles. The molecule has 2 N–H and O–H groups in total. The van der Waals surface area contributed by atoms with Crippen LogP contribution in [0, 0.1) is 0 Å². The van der Waals surface area contributed by atoms with Gasteiger partial charge in [-0.1, -0.05) is 45.8 Å². The van der Waals surface area contributed by atoms with Gasteiger partial charge < -0.3 is 33.0 Å². The Labute approximate surface area is 188 Å². The average Bonchev–Trinajstić information content (AvgIpc) is 2.47. The van der Waals surface area contributed by atoms with Gasteiger partial charge >= 0.3 is 0 Å². The SMILES string of the molecule is C[SiH2]N1[SiH2]N[SiH2]N2[SiH2]N(C)[SiH]3N([SiH2]N([Si](C)(C)C)[Si](C)(C)C)[SiH]N3[SiH]2N[SiH2]1. The zero-order valence-electron chi connectivity index (χ0n) is 18.7. The normalized spacial score (nSPS) is 35.0. The molecule has 2 atom stereocenters. The predicted molar refractivity (Wildman–Crippen MR) is 148 cm³/mol. The molecule has 0 amide bonds. The summed E-state index contributed by atoms with van der Waals surface area (Å²) in [5.41, 5.74) is 0. The highest BCUT2D eigenvalue weighted by Crippen LogP contribution is 2.25. The van der Waals surface area contributed by atoms with Crippen LogP contribution in [0.25, 0.3) is 0 Å². The molecular weight excluding hydrogens is 517 g/mol. The molecule has 1 radical (unpaired) electrons. The predicted octanol–water partition coefficient (Wildman–Crippen LogP) is -6.86. The van der Waals surface area contributed by atoms with Crippen molar-refractivity contribution in [3.63, 3.8) is 0 Å². The van der Waals surface area contributed by atoms with Crippen molar-refractivity contribution in [1.29, 1.82) is 0 Å². The highest BCUT2D eigenvalue weighted by molar-refractivity contribution is 7.04. The van der Waals surface area contributed by atoms with Crippen LogP contribution >= 0.6 is 0 Å². The Bertz CT molecular complexity index is 504. The third kappa shape index (κ3) is 5.47. The number of hydrogen-bond donors (Lipinski definition) is 2. The number of rotatable bonds is 5. The van der Waals surface area contributed by atoms with Crippen molar-refractivity contribution in [2.75, 3.05) is 7.05 Å². The first-order valence-electron chi connectivity index (χ1n) is 10.3. The second-order valence-electron chi connectivity index (χ2n) is 10.1. The maximum absolute atomic E-state index is 4.29. The standard InChI is InChI=1S/C8H41N8Si11/c1-11-21-13-19-9-18-12(17-2)20-10-24(13)15-22-14(25(11)15)23-16(26(3,4)5)27(6,7)8/h9-10,22,24-25H,17-21,23H2,1-8H3. The summed E-state index contributed by atoms with van der Waals surface area (Å²) in [5, 5.41) is 0. The van der Waals surface area contributed by atoms with E-state index in [1.54, 1.807) is 0 Å². The van der Waals surface area contributed by atoms with E-state index in [-0.39, 0.29) is 58.9 Å². The molecule has 3 heterocycles. The molecule has 19 heteroatoms. The maximum Gasteiger partial charge on any atom is 0.243 e. The van der Waals surface area contributed by atoms with Crippen molar-refractivity contribution in [3.05, 3.63) is 0 Å². The molecule has 3 fully saturated rings. The molecule has 27 heavy (non-hydrogen) atoms. The monoisotopic (exact) mass is 557 g/mol. The van der Waals surface area contributed by atoms with E-state index in [2.05, 4.69) is 85.9 Å². The summed E-state index contributed by atoms with van der Waals surface area (Å²) in [6.45, 7) is 18.0. The summed E-state index contributed by atoms with van der Waals surface area (Å²) < 4.78 is 26.7. The lowest BCUT2D eigenvalue weighted by Crippen LogP contribution is -2.92. The topological polar surface area (TPSA) is 43.5 Å². The van der Waals surface area contributed by atoms with E-state index in [9.17, 15) is 0 Å². The molecule has 0 spiro atoms. The van der Waals surface area contributed by atoms with Crippen LogP contribution in [-0.2, 0) is 0 Å². The first kappa shape index (κ1) is 23.7. The first-order chi connectivity index (χ1) is 12.5. The van der Waals surface area contributed by atoms with Crippen LogP contribution in [0.1, 0.15) is 0 Å². The van der Waals surface area contributed by atoms with Crippen LogP contribution in [0.4, 0.5) is 0 Å². The Hall–Kier alpha value is 2.07. The van der Waals surface area contributed by atoms with E-state index in [1.165, 1.54) is 0 Å². The van der Waals surface area contributed by atoms with E-state index < -0.39 is 35.0 Å². The highest BCUT2D eigenvalue weighted by atomic mass is 28.5. The van der Waals surface area contributed by atoms with Gasteiger partial charge in [0.25, 0.3) is 0 Å². The molecule has 0 saturated carbocycles. The third-order valence-corrected chi connectivity index (χ3v) is 49.9. The summed E-state index contributed by atoms with van der Waals surface area (Å²) in [4.78, 5) is 0. The second-order valence-corrected chi connectivity index (χ2v) is 50.0. The zero-order chi connectivity index (χ0) is 20.0. The zero-order valence-corrected chi connectivity index (χ0v) is 32.6. The number of fused-ring (bicyclic) bond motifs is 3. The summed E-state index contributed by atoms with van der Waals surface area (Å²) in [6.07, 6.45) is 0. The molecule has 3 aliphatic rings. The minimum atomic E-state index is -1.19. The maximum atomic E-state index is 4.29. The Morgan fingerprint density at radius 1 is 1.04 bits per heavy atom. The van der Waals surface area contributed by atoms with Gasteiger partial charge in [0, 0.05) is 0 Å². The Kier molecular flexibility index (Phi) is 8.15. The number of hydrogen-bond acceptors (Lipinski definition) is 8. The molecule has 8 nitrogen and oxygen atoms in total. The highest BCUT2D eigenvalue weighted by Gasteiger charge is 2.53. The van der Waals surface area contributed by atoms with Crippen LogP contribution in [-0.4, -0.2) is 135 Å². The van der Waals surface area contributed by atoms with Gasteiger partial charge in [-0.25, -0.2) is 0 Å². The van der Waals surface area contributed by atoms with Crippen molar-refractivity contribution in [1.82, 2.24) is 33.0 Å². The van der Waals surface area contributed by atoms with Gasteiger partial charge in [0.15, 0.2) is 49.2 Å². The molecular formula is C8H41N8Si11. The van der Waals surface area contributed by atoms with E-state index in [4.69, 9.17) is 0 Å². The number of nitrogens with one attached hydrogen (secondary N) is 2. The summed E-state index contributed by atoms with van der Waals surface area (Å²) in [6, 6.07) is 0. The average molecular weight is 558 g/mol. The largest absolute Gasteiger partial charge is 0.362 e. The van der Waals surface area contributed by atoms with Crippen molar-refractivity contribution in [3.8, 4) is 0 Å². The van der Waals surface area contributed by atoms with E-state index in [0.717, 1.165) is 0 Å². The number of nitrogens with zero attached hydrogens (tertiary/aromatic N) is 6. The lowest BCUT2D eigenvalue weighted by Gasteiger charge is -2.63. The summed E-state index contributed by atoms with van der Waals surface area (Å²) >= 11 is 0. The van der Waals surface area contributed by atoms with Crippen LogP contribution in [0.2, 0.25) is 45.8 Å². The van der Waals surface area contributed by atoms with E-state index >= 15 is 0 Å². The molecule has 2 unspecified atom stereocenters. The van der Waals surface area contributed by atoms with Gasteiger partial charge in [-0.2, -0.15) is 0 Å².